The van der Waals surface area contributed by atoms with Crippen LogP contribution in [0.5, 0.6) is 0 Å². The Kier molecular flexibility index (Phi) is 4.71. The number of aromatic nitrogens is 1. The lowest BCUT2D eigenvalue weighted by Gasteiger charge is -2.18. The van der Waals surface area contributed by atoms with Gasteiger partial charge < -0.3 is 21.1 Å². The molecule has 0 aliphatic carbocycles. The Morgan fingerprint density at radius 2 is 2.29 bits per heavy atom. The quantitative estimate of drug-likeness (QED) is 0.692. The predicted octanol–water partition coefficient (Wildman–Crippen LogP) is 0.235. The monoisotopic (exact) mass is 238 g/mol. The Morgan fingerprint density at radius 3 is 2.88 bits per heavy atom. The number of carbonyl (C=O) groups is 1. The number of nitrogens with zero attached hydrogens (tertiary/aromatic N) is 2. The molecule has 0 spiro atoms. The third kappa shape index (κ3) is 3.60. The van der Waals surface area contributed by atoms with Crippen LogP contribution in [-0.4, -0.2) is 38.2 Å². The fraction of sp³-hybridized carbons (Fsp3) is 0.455. The van der Waals surface area contributed by atoms with Gasteiger partial charge in [0.1, 0.15) is 5.82 Å². The van der Waals surface area contributed by atoms with Crippen LogP contribution in [0.15, 0.2) is 12.3 Å². The number of primary amides is 1. The van der Waals surface area contributed by atoms with E-state index in [1.165, 1.54) is 6.20 Å². The van der Waals surface area contributed by atoms with E-state index in [0.29, 0.717) is 23.7 Å². The first-order valence-electron chi connectivity index (χ1n) is 5.31. The van der Waals surface area contributed by atoms with E-state index >= 15 is 0 Å². The van der Waals surface area contributed by atoms with Gasteiger partial charge in [0, 0.05) is 27.3 Å². The minimum atomic E-state index is -0.545. The van der Waals surface area contributed by atoms with E-state index in [0.717, 1.165) is 13.0 Å². The van der Waals surface area contributed by atoms with E-state index < -0.39 is 5.91 Å². The highest BCUT2D eigenvalue weighted by molar-refractivity contribution is 5.98. The van der Waals surface area contributed by atoms with Crippen LogP contribution in [0.25, 0.3) is 0 Å². The molecule has 0 fully saturated rings. The SMILES string of the molecule is COCCCN(C)c1cc(C(N)=O)c(N)cn1. The minimum absolute atomic E-state index is 0.298. The Labute approximate surface area is 101 Å². The Bertz CT molecular complexity index is 395. The average Bonchev–Trinajstić information content (AvgIpc) is 2.29. The topological polar surface area (TPSA) is 94.5 Å². The van der Waals surface area contributed by atoms with Crippen molar-refractivity contribution in [3.8, 4) is 0 Å². The third-order valence-electron chi connectivity index (χ3n) is 2.42. The van der Waals surface area contributed by atoms with Gasteiger partial charge in [-0.2, -0.15) is 0 Å². The van der Waals surface area contributed by atoms with Gasteiger partial charge in [0.25, 0.3) is 5.91 Å². The zero-order chi connectivity index (χ0) is 12.8. The molecule has 17 heavy (non-hydrogen) atoms. The van der Waals surface area contributed by atoms with Crippen molar-refractivity contribution >= 4 is 17.4 Å². The first-order valence-corrected chi connectivity index (χ1v) is 5.31. The molecule has 0 atom stereocenters. The van der Waals surface area contributed by atoms with E-state index in [4.69, 9.17) is 16.2 Å². The molecule has 1 aromatic rings. The maximum absolute atomic E-state index is 11.1. The zero-order valence-corrected chi connectivity index (χ0v) is 10.1. The molecular formula is C11H18N4O2. The van der Waals surface area contributed by atoms with Crippen molar-refractivity contribution in [2.75, 3.05) is 37.9 Å². The number of anilines is 2. The smallest absolute Gasteiger partial charge is 0.250 e. The second-order valence-electron chi connectivity index (χ2n) is 3.76. The normalized spacial score (nSPS) is 10.2. The Balaban J connectivity index is 2.77. The van der Waals surface area contributed by atoms with Crippen molar-refractivity contribution in [2.45, 2.75) is 6.42 Å². The number of hydrogen-bond acceptors (Lipinski definition) is 5. The summed E-state index contributed by atoms with van der Waals surface area (Å²) >= 11 is 0. The van der Waals surface area contributed by atoms with Crippen LogP contribution < -0.4 is 16.4 Å². The predicted molar refractivity (Wildman–Crippen MR) is 66.9 cm³/mol. The minimum Gasteiger partial charge on any atom is -0.397 e. The molecule has 6 heteroatoms. The largest absolute Gasteiger partial charge is 0.397 e. The summed E-state index contributed by atoms with van der Waals surface area (Å²) in [5.74, 6) is 0.126. The molecule has 1 amide bonds. The number of nitrogen functional groups attached to an aromatic ring is 1. The highest BCUT2D eigenvalue weighted by Crippen LogP contribution is 2.16. The van der Waals surface area contributed by atoms with Crippen molar-refractivity contribution < 1.29 is 9.53 Å². The van der Waals surface area contributed by atoms with E-state index in [1.54, 1.807) is 13.2 Å². The van der Waals surface area contributed by atoms with Gasteiger partial charge in [0.05, 0.1) is 17.4 Å². The second kappa shape index (κ2) is 6.05. The molecule has 0 bridgehead atoms. The molecule has 0 radical (unpaired) electrons. The number of amides is 1. The molecule has 4 N–H and O–H groups in total. The number of nitrogens with two attached hydrogens (primary N) is 2. The van der Waals surface area contributed by atoms with Gasteiger partial charge in [-0.05, 0) is 12.5 Å². The summed E-state index contributed by atoms with van der Waals surface area (Å²) in [5.41, 5.74) is 11.4. The summed E-state index contributed by atoms with van der Waals surface area (Å²) in [5, 5.41) is 0. The van der Waals surface area contributed by atoms with E-state index in [-0.39, 0.29) is 0 Å². The molecule has 1 aromatic heterocycles. The maximum Gasteiger partial charge on any atom is 0.250 e. The lowest BCUT2D eigenvalue weighted by atomic mass is 10.2. The van der Waals surface area contributed by atoms with Crippen LogP contribution in [0, 0.1) is 0 Å². The van der Waals surface area contributed by atoms with Gasteiger partial charge in [-0.3, -0.25) is 4.79 Å². The van der Waals surface area contributed by atoms with Crippen LogP contribution >= 0.6 is 0 Å². The van der Waals surface area contributed by atoms with Gasteiger partial charge in [-0.15, -0.1) is 0 Å². The average molecular weight is 238 g/mol. The number of carbonyl (C=O) groups excluding carboxylic acids is 1. The van der Waals surface area contributed by atoms with Gasteiger partial charge in [0.15, 0.2) is 0 Å². The summed E-state index contributed by atoms with van der Waals surface area (Å²) in [6.07, 6.45) is 2.33. The lowest BCUT2D eigenvalue weighted by molar-refractivity contribution is 0.100. The number of ether oxygens (including phenoxy) is 1. The van der Waals surface area contributed by atoms with Crippen LogP contribution in [0.2, 0.25) is 0 Å². The molecule has 0 aliphatic heterocycles. The number of hydrogen-bond donors (Lipinski definition) is 2. The summed E-state index contributed by atoms with van der Waals surface area (Å²) < 4.78 is 4.97. The summed E-state index contributed by atoms with van der Waals surface area (Å²) in [7, 11) is 3.55. The van der Waals surface area contributed by atoms with Crippen LogP contribution in [0.1, 0.15) is 16.8 Å². The zero-order valence-electron chi connectivity index (χ0n) is 10.1. The molecule has 1 heterocycles. The van der Waals surface area contributed by atoms with Gasteiger partial charge in [-0.25, -0.2) is 4.98 Å². The van der Waals surface area contributed by atoms with E-state index in [1.807, 2.05) is 11.9 Å². The molecule has 6 nitrogen and oxygen atoms in total. The molecule has 94 valence electrons. The molecule has 0 aliphatic rings. The van der Waals surface area contributed by atoms with Crippen LogP contribution in [0.4, 0.5) is 11.5 Å². The van der Waals surface area contributed by atoms with Crippen molar-refractivity contribution in [1.82, 2.24) is 4.98 Å². The Morgan fingerprint density at radius 1 is 1.59 bits per heavy atom. The Hall–Kier alpha value is -1.82. The van der Waals surface area contributed by atoms with E-state index in [2.05, 4.69) is 4.98 Å². The highest BCUT2D eigenvalue weighted by Gasteiger charge is 2.10. The van der Waals surface area contributed by atoms with E-state index in [9.17, 15) is 4.79 Å². The van der Waals surface area contributed by atoms with Crippen molar-refractivity contribution in [3.63, 3.8) is 0 Å². The standard InChI is InChI=1S/C11H18N4O2/c1-15(4-3-5-17-2)10-6-8(11(13)16)9(12)7-14-10/h6-7H,3-5,12H2,1-2H3,(H2,13,16). The van der Waals surface area contributed by atoms with Gasteiger partial charge in [-0.1, -0.05) is 0 Å². The molecule has 0 saturated heterocycles. The van der Waals surface area contributed by atoms with Crippen LogP contribution in [0.3, 0.4) is 0 Å². The number of rotatable bonds is 6. The number of pyridine rings is 1. The maximum atomic E-state index is 11.1. The summed E-state index contributed by atoms with van der Waals surface area (Å²) in [6.45, 7) is 1.46. The first-order chi connectivity index (χ1) is 8.06. The second-order valence-corrected chi connectivity index (χ2v) is 3.76. The van der Waals surface area contributed by atoms with Crippen LogP contribution in [-0.2, 0) is 4.74 Å². The third-order valence-corrected chi connectivity index (χ3v) is 2.42. The fourth-order valence-corrected chi connectivity index (χ4v) is 1.44. The molecule has 0 unspecified atom stereocenters. The molecular weight excluding hydrogens is 220 g/mol. The molecule has 0 saturated carbocycles. The first kappa shape index (κ1) is 13.2. The van der Waals surface area contributed by atoms with Gasteiger partial charge in [0.2, 0.25) is 0 Å². The molecule has 1 rings (SSSR count). The number of methoxy groups -OCH3 is 1. The van der Waals surface area contributed by atoms with Gasteiger partial charge >= 0.3 is 0 Å². The van der Waals surface area contributed by atoms with Crippen molar-refractivity contribution in [1.29, 1.82) is 0 Å². The summed E-state index contributed by atoms with van der Waals surface area (Å²) in [6, 6.07) is 1.60. The highest BCUT2D eigenvalue weighted by atomic mass is 16.5. The fourth-order valence-electron chi connectivity index (χ4n) is 1.44. The molecule has 0 aromatic carbocycles. The van der Waals surface area contributed by atoms with Crippen molar-refractivity contribution in [3.05, 3.63) is 17.8 Å². The van der Waals surface area contributed by atoms with Crippen molar-refractivity contribution in [2.24, 2.45) is 5.73 Å². The lowest BCUT2D eigenvalue weighted by Crippen LogP contribution is -2.22. The summed E-state index contributed by atoms with van der Waals surface area (Å²) in [4.78, 5) is 17.2.